The van der Waals surface area contributed by atoms with Gasteiger partial charge in [0, 0.05) is 18.8 Å². The van der Waals surface area contributed by atoms with Gasteiger partial charge in [-0.05, 0) is 6.92 Å². The number of rotatable bonds is 5. The van der Waals surface area contributed by atoms with E-state index >= 15 is 0 Å². The maximum absolute atomic E-state index is 11.7. The number of ether oxygens (including phenoxy) is 1. The summed E-state index contributed by atoms with van der Waals surface area (Å²) in [6.07, 6.45) is 0.294. The predicted octanol–water partition coefficient (Wildman–Crippen LogP) is 1.36. The number of hydrogen-bond acceptors (Lipinski definition) is 5. The molecule has 0 radical (unpaired) electrons. The molecule has 5 nitrogen and oxygen atoms in total. The molecule has 0 saturated carbocycles. The van der Waals surface area contributed by atoms with E-state index in [4.69, 9.17) is 0 Å². The number of aryl methyl sites for hydroxylation is 1. The van der Waals surface area contributed by atoms with Gasteiger partial charge in [-0.2, -0.15) is 0 Å². The van der Waals surface area contributed by atoms with Crippen molar-refractivity contribution in [1.29, 1.82) is 0 Å². The average Bonchev–Trinajstić information content (AvgIpc) is 2.70. The molecule has 0 N–H and O–H groups in total. The Bertz CT molecular complexity index is 403. The van der Waals surface area contributed by atoms with Crippen molar-refractivity contribution in [2.24, 2.45) is 0 Å². The Morgan fingerprint density at radius 1 is 1.47 bits per heavy atom. The highest BCUT2D eigenvalue weighted by Gasteiger charge is 2.12. The van der Waals surface area contributed by atoms with Gasteiger partial charge in [-0.3, -0.25) is 9.59 Å². The summed E-state index contributed by atoms with van der Waals surface area (Å²) in [5.74, 6) is -0.447. The summed E-state index contributed by atoms with van der Waals surface area (Å²) in [4.78, 5) is 28.4. The number of thiazole rings is 1. The predicted molar refractivity (Wildman–Crippen MR) is 64.6 cm³/mol. The molecule has 6 heteroatoms. The Kier molecular flexibility index (Phi) is 5.09. The van der Waals surface area contributed by atoms with Crippen LogP contribution in [0.3, 0.4) is 0 Å². The van der Waals surface area contributed by atoms with E-state index in [1.54, 1.807) is 23.3 Å². The van der Waals surface area contributed by atoms with Gasteiger partial charge in [0.25, 0.3) is 0 Å². The second kappa shape index (κ2) is 6.34. The summed E-state index contributed by atoms with van der Waals surface area (Å²) in [7, 11) is 3.02. The molecule has 17 heavy (non-hydrogen) atoms. The number of carbonyl (C=O) groups excluding carboxylic acids is 2. The zero-order valence-electron chi connectivity index (χ0n) is 10.2. The zero-order valence-corrected chi connectivity index (χ0v) is 11.0. The molecule has 1 aromatic rings. The zero-order chi connectivity index (χ0) is 12.8. The lowest BCUT2D eigenvalue weighted by Crippen LogP contribution is -2.26. The molecule has 0 aromatic carbocycles. The van der Waals surface area contributed by atoms with Crippen LogP contribution in [0, 0.1) is 6.92 Å². The second-order valence-electron chi connectivity index (χ2n) is 3.68. The van der Waals surface area contributed by atoms with Crippen molar-refractivity contribution in [1.82, 2.24) is 9.88 Å². The highest BCUT2D eigenvalue weighted by atomic mass is 32.1. The van der Waals surface area contributed by atoms with E-state index in [1.165, 1.54) is 7.11 Å². The molecule has 0 unspecified atom stereocenters. The minimum atomic E-state index is -0.365. The monoisotopic (exact) mass is 256 g/mol. The molecule has 0 spiro atoms. The van der Waals surface area contributed by atoms with Gasteiger partial charge in [-0.1, -0.05) is 0 Å². The van der Waals surface area contributed by atoms with Crippen LogP contribution in [0.15, 0.2) is 5.38 Å². The van der Waals surface area contributed by atoms with Crippen LogP contribution in [0.25, 0.3) is 0 Å². The van der Waals surface area contributed by atoms with Crippen molar-refractivity contribution in [3.8, 4) is 0 Å². The maximum Gasteiger partial charge on any atom is 0.306 e. The van der Waals surface area contributed by atoms with E-state index in [0.29, 0.717) is 6.54 Å². The lowest BCUT2D eigenvalue weighted by Gasteiger charge is -2.15. The fraction of sp³-hybridized carbons (Fsp3) is 0.545. The molecule has 0 bridgehead atoms. The number of nitrogens with zero attached hydrogens (tertiary/aromatic N) is 2. The topological polar surface area (TPSA) is 59.5 Å². The number of aromatic nitrogens is 1. The van der Waals surface area contributed by atoms with Gasteiger partial charge in [0.15, 0.2) is 0 Å². The van der Waals surface area contributed by atoms with Gasteiger partial charge in [0.1, 0.15) is 0 Å². The molecular formula is C11H16N2O3S. The Balaban J connectivity index is 2.39. The van der Waals surface area contributed by atoms with Crippen LogP contribution >= 0.6 is 11.3 Å². The molecule has 0 aliphatic rings. The van der Waals surface area contributed by atoms with Crippen LogP contribution in [0.4, 0.5) is 0 Å². The van der Waals surface area contributed by atoms with E-state index in [2.05, 4.69) is 9.72 Å². The fourth-order valence-corrected chi connectivity index (χ4v) is 1.92. The Morgan fingerprint density at radius 2 is 2.18 bits per heavy atom. The van der Waals surface area contributed by atoms with Crippen molar-refractivity contribution in [3.63, 3.8) is 0 Å². The smallest absolute Gasteiger partial charge is 0.306 e. The Labute approximate surface area is 104 Å². The maximum atomic E-state index is 11.7. The first-order valence-electron chi connectivity index (χ1n) is 5.24. The minimum Gasteiger partial charge on any atom is -0.469 e. The molecule has 0 saturated heterocycles. The highest BCUT2D eigenvalue weighted by molar-refractivity contribution is 7.09. The Morgan fingerprint density at radius 3 is 2.71 bits per heavy atom. The molecule has 1 heterocycles. The number of hydrogen-bond donors (Lipinski definition) is 0. The van der Waals surface area contributed by atoms with Crippen LogP contribution in [0.1, 0.15) is 23.5 Å². The number of methoxy groups -OCH3 is 1. The summed E-state index contributed by atoms with van der Waals surface area (Å²) in [6, 6.07) is 0. The molecule has 0 fully saturated rings. The third-order valence-corrected chi connectivity index (χ3v) is 3.08. The molecule has 1 aromatic heterocycles. The van der Waals surface area contributed by atoms with Crippen molar-refractivity contribution in [2.75, 3.05) is 14.2 Å². The van der Waals surface area contributed by atoms with Gasteiger partial charge < -0.3 is 9.64 Å². The third-order valence-electron chi connectivity index (χ3n) is 2.26. The van der Waals surface area contributed by atoms with E-state index in [9.17, 15) is 9.59 Å². The number of esters is 1. The quantitative estimate of drug-likeness (QED) is 0.746. The standard InChI is InChI=1S/C11H16N2O3S/c1-8-12-9(7-17-8)6-13(2)10(14)4-5-11(15)16-3/h7H,4-6H2,1-3H3. The molecule has 0 aliphatic carbocycles. The van der Waals surface area contributed by atoms with Gasteiger partial charge in [0.2, 0.25) is 5.91 Å². The average molecular weight is 256 g/mol. The molecule has 0 aliphatic heterocycles. The van der Waals surface area contributed by atoms with E-state index < -0.39 is 0 Å². The van der Waals surface area contributed by atoms with Crippen LogP contribution in [-0.2, 0) is 20.9 Å². The first-order valence-corrected chi connectivity index (χ1v) is 6.12. The normalized spacial score (nSPS) is 10.1. The molecule has 1 amide bonds. The SMILES string of the molecule is COC(=O)CCC(=O)N(C)Cc1csc(C)n1. The largest absolute Gasteiger partial charge is 0.469 e. The van der Waals surface area contributed by atoms with Crippen molar-refractivity contribution in [3.05, 3.63) is 16.1 Å². The van der Waals surface area contributed by atoms with Gasteiger partial charge in [0.05, 0.1) is 30.8 Å². The van der Waals surface area contributed by atoms with Crippen LogP contribution in [0.5, 0.6) is 0 Å². The first-order chi connectivity index (χ1) is 8.02. The summed E-state index contributed by atoms with van der Waals surface area (Å²) in [6.45, 7) is 2.40. The fourth-order valence-electron chi connectivity index (χ4n) is 1.31. The van der Waals surface area contributed by atoms with Crippen molar-refractivity contribution in [2.45, 2.75) is 26.3 Å². The van der Waals surface area contributed by atoms with Crippen molar-refractivity contribution < 1.29 is 14.3 Å². The van der Waals surface area contributed by atoms with Crippen LogP contribution in [-0.4, -0.2) is 35.9 Å². The van der Waals surface area contributed by atoms with E-state index in [1.807, 2.05) is 12.3 Å². The van der Waals surface area contributed by atoms with E-state index in [0.717, 1.165) is 10.7 Å². The Hall–Kier alpha value is -1.43. The van der Waals surface area contributed by atoms with Gasteiger partial charge >= 0.3 is 5.97 Å². The number of carbonyl (C=O) groups is 2. The van der Waals surface area contributed by atoms with Gasteiger partial charge in [-0.25, -0.2) is 4.98 Å². The summed E-state index contributed by atoms with van der Waals surface area (Å²) < 4.78 is 4.48. The van der Waals surface area contributed by atoms with Gasteiger partial charge in [-0.15, -0.1) is 11.3 Å². The highest BCUT2D eigenvalue weighted by Crippen LogP contribution is 2.10. The summed E-state index contributed by atoms with van der Waals surface area (Å²) in [5.41, 5.74) is 0.876. The number of amides is 1. The van der Waals surface area contributed by atoms with Crippen LogP contribution in [0.2, 0.25) is 0 Å². The lowest BCUT2D eigenvalue weighted by molar-refractivity contribution is -0.143. The minimum absolute atomic E-state index is 0.0824. The second-order valence-corrected chi connectivity index (χ2v) is 4.75. The molecule has 1 rings (SSSR count). The molecular weight excluding hydrogens is 240 g/mol. The summed E-state index contributed by atoms with van der Waals surface area (Å²) in [5, 5.41) is 2.91. The first kappa shape index (κ1) is 13.6. The lowest BCUT2D eigenvalue weighted by atomic mass is 10.3. The summed E-state index contributed by atoms with van der Waals surface area (Å²) >= 11 is 1.56. The third kappa shape index (κ3) is 4.52. The molecule has 0 atom stereocenters. The van der Waals surface area contributed by atoms with E-state index in [-0.39, 0.29) is 24.7 Å². The van der Waals surface area contributed by atoms with Crippen molar-refractivity contribution >= 4 is 23.2 Å². The van der Waals surface area contributed by atoms with Crippen LogP contribution < -0.4 is 0 Å². The molecule has 94 valence electrons.